The molecule has 1 fully saturated rings. The van der Waals surface area contributed by atoms with Gasteiger partial charge < -0.3 is 0 Å². The topological polar surface area (TPSA) is 27.0 Å². The van der Waals surface area contributed by atoms with Gasteiger partial charge in [-0.25, -0.2) is 0 Å². The highest BCUT2D eigenvalue weighted by Gasteiger charge is 2.20. The molecule has 2 rings (SSSR count). The fourth-order valence-electron chi connectivity index (χ4n) is 2.85. The standard InChI is InChI=1S/C18H26N2/c1-18(2,3)16-9-7-15(8-10-16)13-17(14-19)20-11-5-4-6-12-20/h7-10,17H,4-6,11-13H2,1-3H3. The molecule has 1 aliphatic heterocycles. The largest absolute Gasteiger partial charge is 0.288 e. The van der Waals surface area contributed by atoms with Gasteiger partial charge in [0.15, 0.2) is 0 Å². The molecule has 2 nitrogen and oxygen atoms in total. The van der Waals surface area contributed by atoms with E-state index in [0.717, 1.165) is 19.5 Å². The van der Waals surface area contributed by atoms with Gasteiger partial charge in [0.1, 0.15) is 6.04 Å². The molecular formula is C18H26N2. The lowest BCUT2D eigenvalue weighted by Crippen LogP contribution is -2.39. The van der Waals surface area contributed by atoms with Gasteiger partial charge in [-0.15, -0.1) is 0 Å². The van der Waals surface area contributed by atoms with Crippen molar-refractivity contribution < 1.29 is 0 Å². The molecule has 108 valence electrons. The molecule has 1 atom stereocenters. The zero-order valence-electron chi connectivity index (χ0n) is 13.0. The summed E-state index contributed by atoms with van der Waals surface area (Å²) in [5.74, 6) is 0. The predicted octanol–water partition coefficient (Wildman–Crippen LogP) is 3.90. The third kappa shape index (κ3) is 3.84. The molecule has 20 heavy (non-hydrogen) atoms. The summed E-state index contributed by atoms with van der Waals surface area (Å²) >= 11 is 0. The third-order valence-corrected chi connectivity index (χ3v) is 4.23. The van der Waals surface area contributed by atoms with Crippen LogP contribution in [0, 0.1) is 11.3 Å². The number of piperidine rings is 1. The number of rotatable bonds is 3. The van der Waals surface area contributed by atoms with E-state index < -0.39 is 0 Å². The average Bonchev–Trinajstić information content (AvgIpc) is 2.45. The number of benzene rings is 1. The zero-order valence-corrected chi connectivity index (χ0v) is 13.0. The van der Waals surface area contributed by atoms with Gasteiger partial charge >= 0.3 is 0 Å². The summed E-state index contributed by atoms with van der Waals surface area (Å²) in [6, 6.07) is 11.3. The molecule has 1 heterocycles. The van der Waals surface area contributed by atoms with Crippen LogP contribution in [-0.2, 0) is 11.8 Å². The van der Waals surface area contributed by atoms with E-state index in [4.69, 9.17) is 0 Å². The normalized spacial score (nSPS) is 18.5. The second-order valence-corrected chi connectivity index (χ2v) is 6.89. The Balaban J connectivity index is 2.02. The van der Waals surface area contributed by atoms with Gasteiger partial charge in [0.2, 0.25) is 0 Å². The van der Waals surface area contributed by atoms with Gasteiger partial charge in [0.05, 0.1) is 6.07 Å². The number of nitriles is 1. The summed E-state index contributed by atoms with van der Waals surface area (Å²) < 4.78 is 0. The van der Waals surface area contributed by atoms with Crippen LogP contribution >= 0.6 is 0 Å². The minimum absolute atomic E-state index is 0.0378. The Kier molecular flexibility index (Phi) is 4.83. The number of hydrogen-bond acceptors (Lipinski definition) is 2. The predicted molar refractivity (Wildman–Crippen MR) is 83.7 cm³/mol. The third-order valence-electron chi connectivity index (χ3n) is 4.23. The van der Waals surface area contributed by atoms with Gasteiger partial charge in [0.25, 0.3) is 0 Å². The van der Waals surface area contributed by atoms with E-state index in [1.54, 1.807) is 0 Å². The van der Waals surface area contributed by atoms with Crippen molar-refractivity contribution in [2.24, 2.45) is 0 Å². The first kappa shape index (κ1) is 15.1. The summed E-state index contributed by atoms with van der Waals surface area (Å²) in [6.45, 7) is 8.85. The van der Waals surface area contributed by atoms with E-state index in [9.17, 15) is 5.26 Å². The summed E-state index contributed by atoms with van der Waals surface area (Å²) in [6.07, 6.45) is 4.64. The summed E-state index contributed by atoms with van der Waals surface area (Å²) in [7, 11) is 0. The zero-order chi connectivity index (χ0) is 14.6. The highest BCUT2D eigenvalue weighted by molar-refractivity contribution is 5.28. The molecule has 0 saturated carbocycles. The highest BCUT2D eigenvalue weighted by Crippen LogP contribution is 2.23. The van der Waals surface area contributed by atoms with Crippen molar-refractivity contribution in [1.82, 2.24) is 4.90 Å². The second-order valence-electron chi connectivity index (χ2n) is 6.89. The van der Waals surface area contributed by atoms with E-state index in [1.807, 2.05) is 0 Å². The van der Waals surface area contributed by atoms with Gasteiger partial charge in [-0.1, -0.05) is 51.5 Å². The Morgan fingerprint density at radius 3 is 2.20 bits per heavy atom. The van der Waals surface area contributed by atoms with E-state index in [1.165, 1.54) is 30.4 Å². The van der Waals surface area contributed by atoms with Gasteiger partial charge in [-0.05, 0) is 42.5 Å². The molecule has 0 bridgehead atoms. The second kappa shape index (κ2) is 6.41. The molecule has 1 aromatic carbocycles. The lowest BCUT2D eigenvalue weighted by molar-refractivity contribution is 0.194. The molecule has 0 amide bonds. The van der Waals surface area contributed by atoms with Crippen LogP contribution in [0.4, 0.5) is 0 Å². The van der Waals surface area contributed by atoms with Crippen LogP contribution in [0.3, 0.4) is 0 Å². The molecule has 1 aromatic rings. The van der Waals surface area contributed by atoms with Crippen LogP contribution in [0.5, 0.6) is 0 Å². The maximum atomic E-state index is 9.43. The van der Waals surface area contributed by atoms with Crippen molar-refractivity contribution in [3.8, 4) is 6.07 Å². The Morgan fingerprint density at radius 1 is 1.10 bits per heavy atom. The smallest absolute Gasteiger partial charge is 0.102 e. The lowest BCUT2D eigenvalue weighted by atomic mass is 9.86. The van der Waals surface area contributed by atoms with E-state index in [0.29, 0.717) is 0 Å². The van der Waals surface area contributed by atoms with E-state index in [2.05, 4.69) is 56.0 Å². The average molecular weight is 270 g/mol. The Labute approximate surface area is 123 Å². The Bertz CT molecular complexity index is 456. The van der Waals surface area contributed by atoms with Crippen molar-refractivity contribution in [3.05, 3.63) is 35.4 Å². The lowest BCUT2D eigenvalue weighted by Gasteiger charge is -2.30. The Hall–Kier alpha value is -1.33. The van der Waals surface area contributed by atoms with Crippen molar-refractivity contribution in [2.45, 2.75) is 57.9 Å². The molecule has 0 aliphatic carbocycles. The quantitative estimate of drug-likeness (QED) is 0.832. The molecule has 1 saturated heterocycles. The molecule has 1 aliphatic rings. The molecule has 0 aromatic heterocycles. The van der Waals surface area contributed by atoms with Crippen molar-refractivity contribution in [1.29, 1.82) is 5.26 Å². The maximum absolute atomic E-state index is 9.43. The first-order valence-corrected chi connectivity index (χ1v) is 7.74. The summed E-state index contributed by atoms with van der Waals surface area (Å²) in [5.41, 5.74) is 2.82. The van der Waals surface area contributed by atoms with Crippen molar-refractivity contribution in [3.63, 3.8) is 0 Å². The minimum Gasteiger partial charge on any atom is -0.288 e. The van der Waals surface area contributed by atoms with Crippen LogP contribution in [0.15, 0.2) is 24.3 Å². The highest BCUT2D eigenvalue weighted by atomic mass is 15.2. The van der Waals surface area contributed by atoms with Crippen molar-refractivity contribution in [2.75, 3.05) is 13.1 Å². The van der Waals surface area contributed by atoms with Crippen LogP contribution in [0.2, 0.25) is 0 Å². The SMILES string of the molecule is CC(C)(C)c1ccc(CC(C#N)N2CCCCC2)cc1. The number of likely N-dealkylation sites (tertiary alicyclic amines) is 1. The summed E-state index contributed by atoms with van der Waals surface area (Å²) in [4.78, 5) is 2.35. The van der Waals surface area contributed by atoms with Crippen LogP contribution in [0.25, 0.3) is 0 Å². The fourth-order valence-corrected chi connectivity index (χ4v) is 2.85. The fraction of sp³-hybridized carbons (Fsp3) is 0.611. The maximum Gasteiger partial charge on any atom is 0.102 e. The van der Waals surface area contributed by atoms with E-state index >= 15 is 0 Å². The van der Waals surface area contributed by atoms with Crippen LogP contribution < -0.4 is 0 Å². The molecule has 1 unspecified atom stereocenters. The van der Waals surface area contributed by atoms with Crippen LogP contribution in [-0.4, -0.2) is 24.0 Å². The molecule has 0 spiro atoms. The molecule has 0 radical (unpaired) electrons. The Morgan fingerprint density at radius 2 is 1.70 bits per heavy atom. The van der Waals surface area contributed by atoms with E-state index in [-0.39, 0.29) is 11.5 Å². The van der Waals surface area contributed by atoms with Gasteiger partial charge in [-0.2, -0.15) is 5.26 Å². The first-order valence-electron chi connectivity index (χ1n) is 7.74. The van der Waals surface area contributed by atoms with Crippen LogP contribution in [0.1, 0.15) is 51.2 Å². The minimum atomic E-state index is 0.0378. The van der Waals surface area contributed by atoms with Gasteiger partial charge in [-0.3, -0.25) is 4.90 Å². The summed E-state index contributed by atoms with van der Waals surface area (Å²) in [5, 5.41) is 9.43. The number of hydrogen-bond donors (Lipinski definition) is 0. The monoisotopic (exact) mass is 270 g/mol. The molecular weight excluding hydrogens is 244 g/mol. The first-order chi connectivity index (χ1) is 9.50. The molecule has 0 N–H and O–H groups in total. The van der Waals surface area contributed by atoms with Crippen molar-refractivity contribution >= 4 is 0 Å². The molecule has 2 heteroatoms. The number of nitrogens with zero attached hydrogens (tertiary/aromatic N) is 2. The van der Waals surface area contributed by atoms with Gasteiger partial charge in [0, 0.05) is 6.42 Å².